The summed E-state index contributed by atoms with van der Waals surface area (Å²) < 4.78 is 5.47. The van der Waals surface area contributed by atoms with Crippen molar-refractivity contribution in [2.45, 2.75) is 25.5 Å². The van der Waals surface area contributed by atoms with E-state index in [0.717, 1.165) is 19.4 Å². The lowest BCUT2D eigenvalue weighted by Crippen LogP contribution is -2.40. The Kier molecular flexibility index (Phi) is 4.57. The van der Waals surface area contributed by atoms with E-state index < -0.39 is 0 Å². The van der Waals surface area contributed by atoms with Crippen LogP contribution in [0, 0.1) is 0 Å². The third-order valence-corrected chi connectivity index (χ3v) is 3.90. The first kappa shape index (κ1) is 15.5. The highest BCUT2D eigenvalue weighted by Crippen LogP contribution is 2.11. The fourth-order valence-corrected chi connectivity index (χ4v) is 2.65. The SMILES string of the molecule is CN(Cc1nc2ccccc2c(=O)[nH]1)C(=O)NC[C@H]1CCCO1. The predicted molar refractivity (Wildman–Crippen MR) is 86.2 cm³/mol. The molecule has 1 saturated heterocycles. The van der Waals surface area contributed by atoms with Crippen LogP contribution in [0.25, 0.3) is 10.9 Å². The number of aromatic amines is 1. The van der Waals surface area contributed by atoms with Gasteiger partial charge in [-0.05, 0) is 25.0 Å². The van der Waals surface area contributed by atoms with Gasteiger partial charge in [0.1, 0.15) is 5.82 Å². The molecule has 2 amide bonds. The van der Waals surface area contributed by atoms with Gasteiger partial charge in [0.15, 0.2) is 0 Å². The number of aromatic nitrogens is 2. The van der Waals surface area contributed by atoms with Crippen molar-refractivity contribution in [2.75, 3.05) is 20.2 Å². The van der Waals surface area contributed by atoms with E-state index in [1.54, 1.807) is 25.2 Å². The maximum atomic E-state index is 12.1. The maximum absolute atomic E-state index is 12.1. The second-order valence-corrected chi connectivity index (χ2v) is 5.71. The average Bonchev–Trinajstić information content (AvgIpc) is 3.06. The average molecular weight is 316 g/mol. The molecule has 2 aromatic rings. The van der Waals surface area contributed by atoms with E-state index >= 15 is 0 Å². The van der Waals surface area contributed by atoms with Crippen molar-refractivity contribution in [2.24, 2.45) is 0 Å². The number of amides is 2. The van der Waals surface area contributed by atoms with Crippen molar-refractivity contribution in [3.05, 3.63) is 40.4 Å². The van der Waals surface area contributed by atoms with Crippen LogP contribution in [-0.4, -0.2) is 47.2 Å². The van der Waals surface area contributed by atoms with Gasteiger partial charge >= 0.3 is 6.03 Å². The summed E-state index contributed by atoms with van der Waals surface area (Å²) in [4.78, 5) is 32.7. The van der Waals surface area contributed by atoms with E-state index in [1.165, 1.54) is 4.90 Å². The molecule has 1 aliphatic rings. The molecule has 122 valence electrons. The van der Waals surface area contributed by atoms with Crippen LogP contribution >= 0.6 is 0 Å². The molecule has 1 aromatic heterocycles. The lowest BCUT2D eigenvalue weighted by atomic mass is 10.2. The Balaban J connectivity index is 1.63. The zero-order chi connectivity index (χ0) is 16.2. The summed E-state index contributed by atoms with van der Waals surface area (Å²) in [6.45, 7) is 1.50. The first-order valence-corrected chi connectivity index (χ1v) is 7.72. The number of H-pyrrole nitrogens is 1. The van der Waals surface area contributed by atoms with Gasteiger partial charge in [-0.1, -0.05) is 12.1 Å². The van der Waals surface area contributed by atoms with E-state index in [0.29, 0.717) is 23.3 Å². The van der Waals surface area contributed by atoms with Gasteiger partial charge in [-0.3, -0.25) is 4.79 Å². The van der Waals surface area contributed by atoms with Gasteiger partial charge in [0.05, 0.1) is 23.6 Å². The van der Waals surface area contributed by atoms with Crippen molar-refractivity contribution in [1.82, 2.24) is 20.2 Å². The Bertz CT molecular complexity index is 752. The standard InChI is InChI=1S/C16H20N4O3/c1-20(16(22)17-9-11-5-4-8-23-11)10-14-18-13-7-3-2-6-12(13)15(21)19-14/h2-3,6-7,11H,4-5,8-10H2,1H3,(H,17,22)(H,18,19,21)/t11-/m1/s1. The predicted octanol–water partition coefficient (Wildman–Crippen LogP) is 1.24. The molecule has 7 heteroatoms. The molecule has 1 aliphatic heterocycles. The minimum absolute atomic E-state index is 0.103. The number of fused-ring (bicyclic) bond motifs is 1. The second kappa shape index (κ2) is 6.78. The van der Waals surface area contributed by atoms with Gasteiger partial charge in [-0.15, -0.1) is 0 Å². The quantitative estimate of drug-likeness (QED) is 0.888. The fourth-order valence-electron chi connectivity index (χ4n) is 2.65. The first-order chi connectivity index (χ1) is 11.1. The summed E-state index contributed by atoms with van der Waals surface area (Å²) in [5, 5.41) is 3.38. The number of carbonyl (C=O) groups excluding carboxylic acids is 1. The number of hydrogen-bond acceptors (Lipinski definition) is 4. The van der Waals surface area contributed by atoms with E-state index in [-0.39, 0.29) is 24.2 Å². The molecule has 2 N–H and O–H groups in total. The molecule has 1 aromatic carbocycles. The van der Waals surface area contributed by atoms with Crippen LogP contribution in [0.1, 0.15) is 18.7 Å². The third kappa shape index (κ3) is 3.68. The van der Waals surface area contributed by atoms with Crippen LogP contribution < -0.4 is 10.9 Å². The highest BCUT2D eigenvalue weighted by Gasteiger charge is 2.18. The molecule has 0 aliphatic carbocycles. The number of benzene rings is 1. The monoisotopic (exact) mass is 316 g/mol. The number of carbonyl (C=O) groups is 1. The summed E-state index contributed by atoms with van der Waals surface area (Å²) in [6, 6.07) is 6.92. The fraction of sp³-hybridized carbons (Fsp3) is 0.438. The minimum atomic E-state index is -0.212. The van der Waals surface area contributed by atoms with Gasteiger partial charge in [-0.25, -0.2) is 9.78 Å². The molecule has 0 radical (unpaired) electrons. The lowest BCUT2D eigenvalue weighted by Gasteiger charge is -2.19. The summed E-state index contributed by atoms with van der Waals surface area (Å²) in [5.41, 5.74) is 0.429. The van der Waals surface area contributed by atoms with Crippen molar-refractivity contribution in [1.29, 1.82) is 0 Å². The number of nitrogens with one attached hydrogen (secondary N) is 2. The number of rotatable bonds is 4. The van der Waals surface area contributed by atoms with E-state index in [2.05, 4.69) is 15.3 Å². The van der Waals surface area contributed by atoms with Gasteiger partial charge in [0, 0.05) is 20.2 Å². The molecule has 0 unspecified atom stereocenters. The van der Waals surface area contributed by atoms with E-state index in [9.17, 15) is 9.59 Å². The Hall–Kier alpha value is -2.41. The topological polar surface area (TPSA) is 87.3 Å². The number of para-hydroxylation sites is 1. The van der Waals surface area contributed by atoms with Gasteiger partial charge in [-0.2, -0.15) is 0 Å². The van der Waals surface area contributed by atoms with Crippen molar-refractivity contribution in [3.8, 4) is 0 Å². The lowest BCUT2D eigenvalue weighted by molar-refractivity contribution is 0.109. The molecule has 1 atom stereocenters. The maximum Gasteiger partial charge on any atom is 0.317 e. The number of ether oxygens (including phenoxy) is 1. The molecular weight excluding hydrogens is 296 g/mol. The molecule has 0 spiro atoms. The van der Waals surface area contributed by atoms with Gasteiger partial charge < -0.3 is 19.9 Å². The Morgan fingerprint density at radius 3 is 3.09 bits per heavy atom. The highest BCUT2D eigenvalue weighted by molar-refractivity contribution is 5.77. The second-order valence-electron chi connectivity index (χ2n) is 5.71. The molecular formula is C16H20N4O3. The van der Waals surface area contributed by atoms with Crippen LogP contribution in [0.5, 0.6) is 0 Å². The normalized spacial score (nSPS) is 17.3. The number of hydrogen-bond donors (Lipinski definition) is 2. The Labute approximate surface area is 133 Å². The van der Waals surface area contributed by atoms with E-state index in [4.69, 9.17) is 4.74 Å². The molecule has 1 fully saturated rings. The van der Waals surface area contributed by atoms with Crippen LogP contribution in [-0.2, 0) is 11.3 Å². The van der Waals surface area contributed by atoms with Gasteiger partial charge in [0.2, 0.25) is 0 Å². The smallest absolute Gasteiger partial charge is 0.317 e. The van der Waals surface area contributed by atoms with Crippen molar-refractivity contribution in [3.63, 3.8) is 0 Å². The van der Waals surface area contributed by atoms with Crippen LogP contribution in [0.3, 0.4) is 0 Å². The summed E-state index contributed by atoms with van der Waals surface area (Å²) >= 11 is 0. The van der Waals surface area contributed by atoms with Crippen LogP contribution in [0.15, 0.2) is 29.1 Å². The summed E-state index contributed by atoms with van der Waals surface area (Å²) in [7, 11) is 1.67. The Morgan fingerprint density at radius 1 is 1.48 bits per heavy atom. The molecule has 3 rings (SSSR count). The third-order valence-electron chi connectivity index (χ3n) is 3.90. The van der Waals surface area contributed by atoms with E-state index in [1.807, 2.05) is 6.07 Å². The molecule has 23 heavy (non-hydrogen) atoms. The molecule has 0 saturated carbocycles. The molecule has 2 heterocycles. The van der Waals surface area contributed by atoms with Crippen molar-refractivity contribution >= 4 is 16.9 Å². The molecule has 7 nitrogen and oxygen atoms in total. The Morgan fingerprint density at radius 2 is 2.30 bits per heavy atom. The van der Waals surface area contributed by atoms with Gasteiger partial charge in [0.25, 0.3) is 5.56 Å². The highest BCUT2D eigenvalue weighted by atomic mass is 16.5. The zero-order valence-corrected chi connectivity index (χ0v) is 13.0. The largest absolute Gasteiger partial charge is 0.376 e. The minimum Gasteiger partial charge on any atom is -0.376 e. The van der Waals surface area contributed by atoms with Crippen LogP contribution in [0.4, 0.5) is 4.79 Å². The van der Waals surface area contributed by atoms with Crippen molar-refractivity contribution < 1.29 is 9.53 Å². The first-order valence-electron chi connectivity index (χ1n) is 7.72. The summed E-state index contributed by atoms with van der Waals surface area (Å²) in [6.07, 6.45) is 2.12. The summed E-state index contributed by atoms with van der Waals surface area (Å²) in [5.74, 6) is 0.462. The van der Waals surface area contributed by atoms with Crippen LogP contribution in [0.2, 0.25) is 0 Å². The number of urea groups is 1. The zero-order valence-electron chi connectivity index (χ0n) is 13.0. The molecule has 0 bridgehead atoms. The number of nitrogens with zero attached hydrogens (tertiary/aromatic N) is 2.